The number of halogens is 1. The summed E-state index contributed by atoms with van der Waals surface area (Å²) in [7, 11) is 0. The number of fused-ring (bicyclic) bond motifs is 1. The summed E-state index contributed by atoms with van der Waals surface area (Å²) < 4.78 is 1.42. The van der Waals surface area contributed by atoms with Crippen molar-refractivity contribution in [3.63, 3.8) is 0 Å². The molecule has 4 nitrogen and oxygen atoms in total. The predicted octanol–water partition coefficient (Wildman–Crippen LogP) is 4.48. The Hall–Kier alpha value is -2.11. The minimum atomic E-state index is -0.0339. The number of hydrogen-bond acceptors (Lipinski definition) is 4. The summed E-state index contributed by atoms with van der Waals surface area (Å²) in [5, 5.41) is 5.73. The van der Waals surface area contributed by atoms with Crippen molar-refractivity contribution in [1.29, 1.82) is 0 Å². The number of nitrogens with zero attached hydrogens (tertiary/aromatic N) is 3. The molecule has 0 unspecified atom stereocenters. The fraction of sp³-hybridized carbons (Fsp3) is 0.118. The van der Waals surface area contributed by atoms with Gasteiger partial charge in [0.05, 0.1) is 0 Å². The molecule has 2 aromatic carbocycles. The minimum Gasteiger partial charge on any atom is -0.272 e. The third-order valence-corrected chi connectivity index (χ3v) is 5.15. The highest BCUT2D eigenvalue weighted by Gasteiger charge is 2.30. The lowest BCUT2D eigenvalue weighted by Gasteiger charge is -2.20. The first-order valence-corrected chi connectivity index (χ1v) is 8.44. The van der Waals surface area contributed by atoms with E-state index in [1.807, 2.05) is 54.6 Å². The van der Waals surface area contributed by atoms with Crippen LogP contribution in [0.1, 0.15) is 22.0 Å². The Bertz CT molecular complexity index is 861. The molecule has 114 valence electrons. The van der Waals surface area contributed by atoms with Crippen LogP contribution in [0.3, 0.4) is 0 Å². The van der Waals surface area contributed by atoms with Gasteiger partial charge in [-0.05, 0) is 17.7 Å². The van der Waals surface area contributed by atoms with Gasteiger partial charge in [0.25, 0.3) is 5.91 Å². The predicted molar refractivity (Wildman–Crippen MR) is 90.8 cm³/mol. The van der Waals surface area contributed by atoms with Crippen LogP contribution in [0.2, 0.25) is 5.02 Å². The third-order valence-electron chi connectivity index (χ3n) is 3.70. The molecule has 1 atom stereocenters. The zero-order valence-electron chi connectivity index (χ0n) is 12.0. The number of carbonyl (C=O) groups is 1. The number of aromatic nitrogens is 3. The molecule has 23 heavy (non-hydrogen) atoms. The minimum absolute atomic E-state index is 0.0339. The molecule has 1 aromatic heterocycles. The summed E-state index contributed by atoms with van der Waals surface area (Å²) in [5.74, 6) is 0.548. The van der Waals surface area contributed by atoms with E-state index in [0.29, 0.717) is 22.4 Å². The first-order valence-electron chi connectivity index (χ1n) is 7.18. The number of rotatable bonds is 2. The van der Waals surface area contributed by atoms with Crippen LogP contribution in [0, 0.1) is 0 Å². The molecule has 0 N–H and O–H groups in total. The van der Waals surface area contributed by atoms with Crippen LogP contribution in [0.5, 0.6) is 0 Å². The zero-order valence-corrected chi connectivity index (χ0v) is 13.6. The highest BCUT2D eigenvalue weighted by Crippen LogP contribution is 2.41. The lowest BCUT2D eigenvalue weighted by atomic mass is 10.1. The molecule has 0 bridgehead atoms. The summed E-state index contributed by atoms with van der Waals surface area (Å²) in [4.78, 5) is 16.9. The molecule has 6 heteroatoms. The van der Waals surface area contributed by atoms with Crippen molar-refractivity contribution in [3.05, 3.63) is 65.2 Å². The summed E-state index contributed by atoms with van der Waals surface area (Å²) in [6.07, 6.45) is 0.400. The molecule has 0 radical (unpaired) electrons. The van der Waals surface area contributed by atoms with E-state index in [1.165, 1.54) is 4.68 Å². The SMILES string of the molecule is O=C1C[C@@H](c2ccc(Cl)cc2)Sc2nc(-c3ccccc3)nn21. The van der Waals surface area contributed by atoms with Crippen molar-refractivity contribution in [2.75, 3.05) is 0 Å². The average Bonchev–Trinajstić information content (AvgIpc) is 3.01. The second kappa shape index (κ2) is 5.83. The maximum atomic E-state index is 12.4. The van der Waals surface area contributed by atoms with Gasteiger partial charge >= 0.3 is 0 Å². The lowest BCUT2D eigenvalue weighted by molar-refractivity contribution is 0.0868. The van der Waals surface area contributed by atoms with Crippen molar-refractivity contribution in [1.82, 2.24) is 14.8 Å². The average molecular weight is 342 g/mol. The van der Waals surface area contributed by atoms with Crippen LogP contribution in [-0.4, -0.2) is 20.7 Å². The molecule has 0 saturated heterocycles. The fourth-order valence-corrected chi connectivity index (χ4v) is 3.80. The Labute approximate surface area is 142 Å². The van der Waals surface area contributed by atoms with E-state index < -0.39 is 0 Å². The van der Waals surface area contributed by atoms with Gasteiger partial charge in [-0.25, -0.2) is 4.98 Å². The van der Waals surface area contributed by atoms with Crippen molar-refractivity contribution < 1.29 is 4.79 Å². The Morgan fingerprint density at radius 3 is 2.57 bits per heavy atom. The van der Waals surface area contributed by atoms with E-state index in [1.54, 1.807) is 11.8 Å². The summed E-state index contributed by atoms with van der Waals surface area (Å²) in [6.45, 7) is 0. The maximum absolute atomic E-state index is 12.4. The van der Waals surface area contributed by atoms with E-state index in [0.717, 1.165) is 11.1 Å². The van der Waals surface area contributed by atoms with E-state index >= 15 is 0 Å². The van der Waals surface area contributed by atoms with Gasteiger partial charge in [0.15, 0.2) is 11.0 Å². The van der Waals surface area contributed by atoms with Crippen molar-refractivity contribution in [2.24, 2.45) is 0 Å². The van der Waals surface area contributed by atoms with Gasteiger partial charge < -0.3 is 0 Å². The van der Waals surface area contributed by atoms with E-state index in [-0.39, 0.29) is 11.2 Å². The molecule has 1 aliphatic heterocycles. The smallest absolute Gasteiger partial charge is 0.250 e. The van der Waals surface area contributed by atoms with E-state index in [4.69, 9.17) is 11.6 Å². The second-order valence-electron chi connectivity index (χ2n) is 5.25. The molecular weight excluding hydrogens is 330 g/mol. The molecule has 1 aliphatic rings. The normalized spacial score (nSPS) is 17.1. The Balaban J connectivity index is 1.68. The Morgan fingerprint density at radius 2 is 1.83 bits per heavy atom. The molecular formula is C17H12ClN3OS. The van der Waals surface area contributed by atoms with Crippen LogP contribution in [0.15, 0.2) is 59.8 Å². The van der Waals surface area contributed by atoms with E-state index in [2.05, 4.69) is 10.1 Å². The van der Waals surface area contributed by atoms with Crippen molar-refractivity contribution in [3.8, 4) is 11.4 Å². The second-order valence-corrected chi connectivity index (χ2v) is 6.86. The van der Waals surface area contributed by atoms with Gasteiger partial charge in [0.2, 0.25) is 0 Å². The Morgan fingerprint density at radius 1 is 1.09 bits per heavy atom. The van der Waals surface area contributed by atoms with Crippen LogP contribution in [0.4, 0.5) is 0 Å². The van der Waals surface area contributed by atoms with Gasteiger partial charge in [-0.1, -0.05) is 65.8 Å². The molecule has 0 saturated carbocycles. The summed E-state index contributed by atoms with van der Waals surface area (Å²) in [5.41, 5.74) is 1.98. The van der Waals surface area contributed by atoms with Gasteiger partial charge in [0.1, 0.15) is 0 Å². The largest absolute Gasteiger partial charge is 0.272 e. The first-order chi connectivity index (χ1) is 11.2. The number of carbonyl (C=O) groups excluding carboxylic acids is 1. The maximum Gasteiger partial charge on any atom is 0.250 e. The van der Waals surface area contributed by atoms with Crippen LogP contribution < -0.4 is 0 Å². The van der Waals surface area contributed by atoms with Crippen LogP contribution >= 0.6 is 23.4 Å². The fourth-order valence-electron chi connectivity index (χ4n) is 2.52. The molecule has 0 amide bonds. The molecule has 0 aliphatic carbocycles. The molecule has 4 rings (SSSR count). The quantitative estimate of drug-likeness (QED) is 0.689. The molecule has 0 spiro atoms. The van der Waals surface area contributed by atoms with Crippen molar-refractivity contribution >= 4 is 29.3 Å². The van der Waals surface area contributed by atoms with Gasteiger partial charge in [0, 0.05) is 22.3 Å². The molecule has 0 fully saturated rings. The third kappa shape index (κ3) is 2.78. The number of benzene rings is 2. The summed E-state index contributed by atoms with van der Waals surface area (Å²) >= 11 is 7.49. The topological polar surface area (TPSA) is 47.8 Å². The van der Waals surface area contributed by atoms with Gasteiger partial charge in [-0.15, -0.1) is 5.10 Å². The van der Waals surface area contributed by atoms with Crippen LogP contribution in [-0.2, 0) is 0 Å². The highest BCUT2D eigenvalue weighted by molar-refractivity contribution is 7.99. The first kappa shape index (κ1) is 14.5. The summed E-state index contributed by atoms with van der Waals surface area (Å²) in [6, 6.07) is 17.3. The van der Waals surface area contributed by atoms with Gasteiger partial charge in [-0.2, -0.15) is 4.68 Å². The molecule has 3 aromatic rings. The van der Waals surface area contributed by atoms with Gasteiger partial charge in [-0.3, -0.25) is 4.79 Å². The van der Waals surface area contributed by atoms with Crippen LogP contribution in [0.25, 0.3) is 11.4 Å². The number of hydrogen-bond donors (Lipinski definition) is 0. The molecule has 2 heterocycles. The van der Waals surface area contributed by atoms with Crippen molar-refractivity contribution in [2.45, 2.75) is 16.8 Å². The Kier molecular flexibility index (Phi) is 3.67. The zero-order chi connectivity index (χ0) is 15.8. The highest BCUT2D eigenvalue weighted by atomic mass is 35.5. The van der Waals surface area contributed by atoms with E-state index in [9.17, 15) is 4.79 Å². The number of thioether (sulfide) groups is 1. The lowest BCUT2D eigenvalue weighted by Crippen LogP contribution is -2.20. The monoisotopic (exact) mass is 341 g/mol. The standard InChI is InChI=1S/C17H12ClN3OS/c18-13-8-6-11(7-9-13)14-10-15(22)21-17(23-14)19-16(20-21)12-4-2-1-3-5-12/h1-9,14H,10H2/t14-/m0/s1.